The van der Waals surface area contributed by atoms with Gasteiger partial charge in [0.25, 0.3) is 0 Å². The molecule has 0 saturated carbocycles. The molecule has 0 bridgehead atoms. The zero-order chi connectivity index (χ0) is 14.4. The van der Waals surface area contributed by atoms with Crippen molar-refractivity contribution in [3.8, 4) is 11.5 Å². The summed E-state index contributed by atoms with van der Waals surface area (Å²) in [5.74, 6) is 2.93. The van der Waals surface area contributed by atoms with Crippen LogP contribution in [0.15, 0.2) is 18.2 Å². The smallest absolute Gasteiger partial charge is 0.160 e. The summed E-state index contributed by atoms with van der Waals surface area (Å²) in [6.45, 7) is 3.37. The molecule has 1 saturated heterocycles. The van der Waals surface area contributed by atoms with Crippen molar-refractivity contribution in [2.24, 2.45) is 0 Å². The van der Waals surface area contributed by atoms with Gasteiger partial charge < -0.3 is 14.8 Å². The summed E-state index contributed by atoms with van der Waals surface area (Å²) in [5, 5.41) is 4.45. The Balaban J connectivity index is 1.85. The topological polar surface area (TPSA) is 30.5 Å². The molecule has 112 valence electrons. The van der Waals surface area contributed by atoms with Crippen LogP contribution in [0.2, 0.25) is 0 Å². The number of rotatable bonds is 7. The van der Waals surface area contributed by atoms with Gasteiger partial charge in [0.15, 0.2) is 11.5 Å². The second kappa shape index (κ2) is 7.79. The number of benzene rings is 1. The lowest BCUT2D eigenvalue weighted by Gasteiger charge is -2.17. The highest BCUT2D eigenvalue weighted by atomic mass is 32.2. The molecule has 2 unspecified atom stereocenters. The van der Waals surface area contributed by atoms with E-state index in [1.54, 1.807) is 14.2 Å². The monoisotopic (exact) mass is 295 g/mol. The Kier molecular flexibility index (Phi) is 6.05. The van der Waals surface area contributed by atoms with E-state index in [1.807, 2.05) is 6.07 Å². The number of hydrogen-bond acceptors (Lipinski definition) is 4. The van der Waals surface area contributed by atoms with E-state index in [2.05, 4.69) is 36.1 Å². The minimum atomic E-state index is 0.481. The van der Waals surface area contributed by atoms with E-state index in [9.17, 15) is 0 Å². The Labute approximate surface area is 126 Å². The molecule has 1 fully saturated rings. The summed E-state index contributed by atoms with van der Waals surface area (Å²) in [5.41, 5.74) is 1.28. The first-order chi connectivity index (χ1) is 9.72. The van der Waals surface area contributed by atoms with E-state index in [1.165, 1.54) is 24.2 Å². The average Bonchev–Trinajstić information content (AvgIpc) is 2.98. The second-order valence-electron chi connectivity index (χ2n) is 5.34. The van der Waals surface area contributed by atoms with Gasteiger partial charge in [-0.25, -0.2) is 0 Å². The zero-order valence-corrected chi connectivity index (χ0v) is 13.5. The maximum absolute atomic E-state index is 5.35. The molecule has 2 atom stereocenters. The molecule has 1 aromatic rings. The van der Waals surface area contributed by atoms with E-state index in [4.69, 9.17) is 9.47 Å². The number of methoxy groups -OCH3 is 2. The quantitative estimate of drug-likeness (QED) is 0.837. The van der Waals surface area contributed by atoms with Crippen molar-refractivity contribution in [2.45, 2.75) is 37.5 Å². The molecule has 2 rings (SSSR count). The molecule has 1 aromatic carbocycles. The number of thioether (sulfide) groups is 1. The first-order valence-corrected chi connectivity index (χ1v) is 8.33. The molecule has 0 radical (unpaired) electrons. The molecule has 0 amide bonds. The summed E-state index contributed by atoms with van der Waals surface area (Å²) < 4.78 is 10.6. The fraction of sp³-hybridized carbons (Fsp3) is 0.625. The van der Waals surface area contributed by atoms with Crippen LogP contribution < -0.4 is 14.8 Å². The molecule has 20 heavy (non-hydrogen) atoms. The van der Waals surface area contributed by atoms with Crippen LogP contribution in [0.1, 0.15) is 25.3 Å². The van der Waals surface area contributed by atoms with Gasteiger partial charge in [0.2, 0.25) is 0 Å². The SMILES string of the molecule is COc1ccc(CC(C)NCC2CCCS2)cc1OC. The van der Waals surface area contributed by atoms with E-state index in [0.717, 1.165) is 29.7 Å². The number of hydrogen-bond donors (Lipinski definition) is 1. The van der Waals surface area contributed by atoms with Gasteiger partial charge in [-0.1, -0.05) is 6.07 Å². The van der Waals surface area contributed by atoms with Crippen LogP contribution in [-0.2, 0) is 6.42 Å². The van der Waals surface area contributed by atoms with E-state index in [-0.39, 0.29) is 0 Å². The minimum Gasteiger partial charge on any atom is -0.493 e. The molecule has 1 aliphatic rings. The summed E-state index contributed by atoms with van der Waals surface area (Å²) in [6, 6.07) is 6.65. The van der Waals surface area contributed by atoms with Crippen molar-refractivity contribution < 1.29 is 9.47 Å². The Bertz CT molecular complexity index is 419. The third-order valence-corrected chi connectivity index (χ3v) is 5.11. The minimum absolute atomic E-state index is 0.481. The van der Waals surface area contributed by atoms with Crippen molar-refractivity contribution in [3.05, 3.63) is 23.8 Å². The fourth-order valence-electron chi connectivity index (χ4n) is 2.57. The largest absolute Gasteiger partial charge is 0.493 e. The van der Waals surface area contributed by atoms with Crippen molar-refractivity contribution in [1.82, 2.24) is 5.32 Å². The van der Waals surface area contributed by atoms with Crippen LogP contribution in [0.3, 0.4) is 0 Å². The summed E-state index contributed by atoms with van der Waals surface area (Å²) in [6.07, 6.45) is 3.75. The number of ether oxygens (including phenoxy) is 2. The molecular formula is C16H25NO2S. The molecule has 1 aliphatic heterocycles. The average molecular weight is 295 g/mol. The highest BCUT2D eigenvalue weighted by molar-refractivity contribution is 8.00. The van der Waals surface area contributed by atoms with Crippen LogP contribution in [-0.4, -0.2) is 37.8 Å². The van der Waals surface area contributed by atoms with Crippen molar-refractivity contribution >= 4 is 11.8 Å². The van der Waals surface area contributed by atoms with Gasteiger partial charge in [0, 0.05) is 17.8 Å². The standard InChI is InChI=1S/C16H25NO2S/c1-12(17-11-14-5-4-8-20-14)9-13-6-7-15(18-2)16(10-13)19-3/h6-7,10,12,14,17H,4-5,8-9,11H2,1-3H3. The molecule has 0 aliphatic carbocycles. The molecule has 0 aromatic heterocycles. The summed E-state index contributed by atoms with van der Waals surface area (Å²) in [7, 11) is 3.35. The van der Waals surface area contributed by atoms with Gasteiger partial charge in [-0.15, -0.1) is 0 Å². The van der Waals surface area contributed by atoms with Gasteiger partial charge in [0.05, 0.1) is 14.2 Å². The molecule has 0 spiro atoms. The number of nitrogens with one attached hydrogen (secondary N) is 1. The Morgan fingerprint density at radius 1 is 1.30 bits per heavy atom. The molecule has 1 N–H and O–H groups in total. The summed E-state index contributed by atoms with van der Waals surface area (Å²) >= 11 is 2.10. The fourth-order valence-corrected chi connectivity index (χ4v) is 3.79. The van der Waals surface area contributed by atoms with Crippen LogP contribution in [0, 0.1) is 0 Å². The predicted octanol–water partition coefficient (Wildman–Crippen LogP) is 3.12. The van der Waals surface area contributed by atoms with Gasteiger partial charge >= 0.3 is 0 Å². The van der Waals surface area contributed by atoms with Crippen LogP contribution in [0.25, 0.3) is 0 Å². The normalized spacial score (nSPS) is 19.9. The first-order valence-electron chi connectivity index (χ1n) is 7.29. The first kappa shape index (κ1) is 15.5. The third kappa shape index (κ3) is 4.32. The molecule has 1 heterocycles. The van der Waals surface area contributed by atoms with Gasteiger partial charge in [-0.05, 0) is 49.6 Å². The lowest BCUT2D eigenvalue weighted by atomic mass is 10.1. The Hall–Kier alpha value is -0.870. The maximum atomic E-state index is 5.35. The van der Waals surface area contributed by atoms with Crippen LogP contribution in [0.4, 0.5) is 0 Å². The Morgan fingerprint density at radius 3 is 2.75 bits per heavy atom. The molecular weight excluding hydrogens is 270 g/mol. The van der Waals surface area contributed by atoms with Gasteiger partial charge in [-0.3, -0.25) is 0 Å². The van der Waals surface area contributed by atoms with Crippen LogP contribution in [0.5, 0.6) is 11.5 Å². The lowest BCUT2D eigenvalue weighted by Crippen LogP contribution is -2.33. The van der Waals surface area contributed by atoms with Crippen molar-refractivity contribution in [1.29, 1.82) is 0 Å². The lowest BCUT2D eigenvalue weighted by molar-refractivity contribution is 0.354. The molecule has 4 heteroatoms. The van der Waals surface area contributed by atoms with E-state index >= 15 is 0 Å². The molecule has 3 nitrogen and oxygen atoms in total. The van der Waals surface area contributed by atoms with Crippen molar-refractivity contribution in [3.63, 3.8) is 0 Å². The highest BCUT2D eigenvalue weighted by Gasteiger charge is 2.16. The van der Waals surface area contributed by atoms with Gasteiger partial charge in [0.1, 0.15) is 0 Å². The van der Waals surface area contributed by atoms with Crippen molar-refractivity contribution in [2.75, 3.05) is 26.5 Å². The van der Waals surface area contributed by atoms with E-state index < -0.39 is 0 Å². The highest BCUT2D eigenvalue weighted by Crippen LogP contribution is 2.28. The summed E-state index contributed by atoms with van der Waals surface area (Å²) in [4.78, 5) is 0. The van der Waals surface area contributed by atoms with Gasteiger partial charge in [-0.2, -0.15) is 11.8 Å². The predicted molar refractivity (Wildman–Crippen MR) is 86.2 cm³/mol. The second-order valence-corrected chi connectivity index (χ2v) is 6.75. The third-order valence-electron chi connectivity index (χ3n) is 3.71. The Morgan fingerprint density at radius 2 is 2.10 bits per heavy atom. The maximum Gasteiger partial charge on any atom is 0.160 e. The zero-order valence-electron chi connectivity index (χ0n) is 12.6. The van der Waals surface area contributed by atoms with E-state index in [0.29, 0.717) is 6.04 Å². The van der Waals surface area contributed by atoms with Crippen LogP contribution >= 0.6 is 11.8 Å².